The predicted octanol–water partition coefficient (Wildman–Crippen LogP) is 1.19. The van der Waals surface area contributed by atoms with E-state index in [9.17, 15) is 9.90 Å². The first kappa shape index (κ1) is 17.0. The second-order valence-corrected chi connectivity index (χ2v) is 7.29. The lowest BCUT2D eigenvalue weighted by atomic mass is 10.2. The van der Waals surface area contributed by atoms with Crippen molar-refractivity contribution in [3.05, 3.63) is 30.1 Å². The van der Waals surface area contributed by atoms with Crippen LogP contribution >= 0.6 is 0 Å². The number of nitrogens with one attached hydrogen (secondary N) is 2. The number of aromatic nitrogens is 5. The maximum Gasteiger partial charge on any atom is 0.328 e. The molecule has 3 aromatic heterocycles. The predicted molar refractivity (Wildman–Crippen MR) is 101 cm³/mol. The highest BCUT2D eigenvalue weighted by Crippen LogP contribution is 2.39. The van der Waals surface area contributed by atoms with Gasteiger partial charge in [0.15, 0.2) is 11.6 Å². The molecule has 1 aliphatic carbocycles. The first-order valence-corrected chi connectivity index (χ1v) is 9.32. The first-order valence-electron chi connectivity index (χ1n) is 9.32. The van der Waals surface area contributed by atoms with Crippen LogP contribution in [0.25, 0.3) is 5.52 Å². The highest BCUT2D eigenvalue weighted by atomic mass is 16.5. The number of nitrogens with zero attached hydrogens (tertiary/aromatic N) is 5. The third-order valence-electron chi connectivity index (χ3n) is 5.25. The number of ether oxygens (including phenoxy) is 1. The number of carbonyl (C=O) groups is 1. The van der Waals surface area contributed by atoms with E-state index in [4.69, 9.17) is 4.74 Å². The number of aliphatic hydroxyl groups is 1. The van der Waals surface area contributed by atoms with Crippen molar-refractivity contribution in [1.29, 1.82) is 0 Å². The minimum absolute atomic E-state index is 0.264. The zero-order chi connectivity index (χ0) is 19.3. The van der Waals surface area contributed by atoms with Gasteiger partial charge >= 0.3 is 5.97 Å². The van der Waals surface area contributed by atoms with Crippen LogP contribution in [0.2, 0.25) is 0 Å². The molecule has 2 fully saturated rings. The minimum atomic E-state index is -0.642. The summed E-state index contributed by atoms with van der Waals surface area (Å²) in [5, 5.41) is 25.2. The van der Waals surface area contributed by atoms with Crippen molar-refractivity contribution in [1.82, 2.24) is 24.8 Å². The summed E-state index contributed by atoms with van der Waals surface area (Å²) in [5.41, 5.74) is 1.91. The molecule has 3 N–H and O–H groups in total. The standard InChI is InChI=1S/C18H21N7O3/c1-28-17(27)14-7-11(26)9-24(14)18-20-16(13-3-2-6-25(13)23-18)19-15-8-12(21-22-15)10-4-5-10/h2-3,6,8,10-11,14,26H,4-5,7,9H2,1H3,(H2,19,20,21,22,23)/t11-,14?/m1/s1. The number of esters is 1. The number of aromatic amines is 1. The zero-order valence-corrected chi connectivity index (χ0v) is 15.4. The summed E-state index contributed by atoms with van der Waals surface area (Å²) in [6, 6.07) is 5.15. The molecule has 5 rings (SSSR count). The normalized spacial score (nSPS) is 22.0. The van der Waals surface area contributed by atoms with Crippen LogP contribution in [-0.2, 0) is 9.53 Å². The van der Waals surface area contributed by atoms with E-state index in [-0.39, 0.29) is 13.0 Å². The van der Waals surface area contributed by atoms with Crippen molar-refractivity contribution in [2.75, 3.05) is 23.9 Å². The molecule has 0 aromatic carbocycles. The highest BCUT2D eigenvalue weighted by Gasteiger charge is 2.39. The molecule has 1 saturated heterocycles. The second-order valence-electron chi connectivity index (χ2n) is 7.29. The van der Waals surface area contributed by atoms with E-state index in [0.717, 1.165) is 11.2 Å². The Bertz CT molecular complexity index is 1030. The van der Waals surface area contributed by atoms with Crippen LogP contribution < -0.4 is 10.2 Å². The first-order chi connectivity index (χ1) is 13.6. The maximum atomic E-state index is 12.1. The van der Waals surface area contributed by atoms with Crippen LogP contribution in [-0.4, -0.2) is 61.7 Å². The van der Waals surface area contributed by atoms with Gasteiger partial charge in [-0.3, -0.25) is 5.10 Å². The van der Waals surface area contributed by atoms with E-state index in [2.05, 4.69) is 25.6 Å². The molecule has 4 heterocycles. The van der Waals surface area contributed by atoms with Crippen LogP contribution in [0.3, 0.4) is 0 Å². The number of hydrogen-bond donors (Lipinski definition) is 3. The molecule has 10 nitrogen and oxygen atoms in total. The van der Waals surface area contributed by atoms with Gasteiger partial charge < -0.3 is 20.1 Å². The molecule has 28 heavy (non-hydrogen) atoms. The fraction of sp³-hybridized carbons (Fsp3) is 0.444. The minimum Gasteiger partial charge on any atom is -0.467 e. The summed E-state index contributed by atoms with van der Waals surface area (Å²) in [4.78, 5) is 18.5. The summed E-state index contributed by atoms with van der Waals surface area (Å²) < 4.78 is 6.57. The van der Waals surface area contributed by atoms with Gasteiger partial charge in [0.25, 0.3) is 0 Å². The van der Waals surface area contributed by atoms with Crippen LogP contribution in [0.1, 0.15) is 30.9 Å². The summed E-state index contributed by atoms with van der Waals surface area (Å²) in [6.07, 6.45) is 3.83. The van der Waals surface area contributed by atoms with E-state index in [1.54, 1.807) is 9.42 Å². The lowest BCUT2D eigenvalue weighted by Crippen LogP contribution is -2.38. The molecular weight excluding hydrogens is 362 g/mol. The Morgan fingerprint density at radius 1 is 1.43 bits per heavy atom. The molecule has 2 atom stereocenters. The average molecular weight is 383 g/mol. The van der Waals surface area contributed by atoms with Crippen molar-refractivity contribution in [3.8, 4) is 0 Å². The third-order valence-corrected chi connectivity index (χ3v) is 5.25. The molecule has 0 bridgehead atoms. The summed E-state index contributed by atoms with van der Waals surface area (Å²) in [7, 11) is 1.34. The Labute approximate surface area is 160 Å². The van der Waals surface area contributed by atoms with Gasteiger partial charge in [-0.2, -0.15) is 10.1 Å². The smallest absolute Gasteiger partial charge is 0.328 e. The van der Waals surface area contributed by atoms with Gasteiger partial charge in [0.05, 0.1) is 13.2 Å². The van der Waals surface area contributed by atoms with E-state index < -0.39 is 18.1 Å². The Balaban J connectivity index is 1.50. The van der Waals surface area contributed by atoms with E-state index >= 15 is 0 Å². The number of fused-ring (bicyclic) bond motifs is 1. The zero-order valence-electron chi connectivity index (χ0n) is 15.4. The summed E-state index contributed by atoms with van der Waals surface area (Å²) in [6.45, 7) is 0.264. The topological polar surface area (TPSA) is 121 Å². The van der Waals surface area contributed by atoms with Crippen molar-refractivity contribution in [2.24, 2.45) is 0 Å². The number of rotatable bonds is 5. The average Bonchev–Trinajstić information content (AvgIpc) is 3.07. The molecule has 1 unspecified atom stereocenters. The molecule has 146 valence electrons. The van der Waals surface area contributed by atoms with Crippen molar-refractivity contribution in [2.45, 2.75) is 37.3 Å². The molecular formula is C18H21N7O3. The van der Waals surface area contributed by atoms with Crippen LogP contribution in [0.4, 0.5) is 17.6 Å². The van der Waals surface area contributed by atoms with E-state index in [1.807, 2.05) is 24.4 Å². The fourth-order valence-electron chi connectivity index (χ4n) is 3.66. The molecule has 0 amide bonds. The number of methoxy groups -OCH3 is 1. The second kappa shape index (κ2) is 6.48. The highest BCUT2D eigenvalue weighted by molar-refractivity contribution is 5.81. The SMILES string of the molecule is COC(=O)C1C[C@@H](O)CN1c1nc(Nc2cc(C3CC3)[nH]n2)c2cccn2n1. The largest absolute Gasteiger partial charge is 0.467 e. The van der Waals surface area contributed by atoms with Gasteiger partial charge in [-0.25, -0.2) is 9.31 Å². The maximum absolute atomic E-state index is 12.1. The van der Waals surface area contributed by atoms with Crippen LogP contribution in [0, 0.1) is 0 Å². The lowest BCUT2D eigenvalue weighted by Gasteiger charge is -2.22. The van der Waals surface area contributed by atoms with Crippen molar-refractivity contribution in [3.63, 3.8) is 0 Å². The number of aliphatic hydroxyl groups excluding tert-OH is 1. The Kier molecular flexibility index (Phi) is 3.93. The quantitative estimate of drug-likeness (QED) is 0.562. The Hall–Kier alpha value is -3.14. The van der Waals surface area contributed by atoms with Crippen molar-refractivity contribution < 1.29 is 14.6 Å². The summed E-state index contributed by atoms with van der Waals surface area (Å²) >= 11 is 0. The van der Waals surface area contributed by atoms with E-state index in [0.29, 0.717) is 23.5 Å². The molecule has 2 aliphatic rings. The molecule has 0 radical (unpaired) electrons. The molecule has 3 aromatic rings. The van der Waals surface area contributed by atoms with Crippen molar-refractivity contribution >= 4 is 29.1 Å². The van der Waals surface area contributed by atoms with Crippen LogP contribution in [0.5, 0.6) is 0 Å². The van der Waals surface area contributed by atoms with Gasteiger partial charge in [0, 0.05) is 36.8 Å². The number of carbonyl (C=O) groups excluding carboxylic acids is 1. The number of β-amino-alcohol motifs (C(OH)–C–C–N with tert-alkyl or cyclic N) is 1. The molecule has 0 spiro atoms. The number of anilines is 3. The van der Waals surface area contributed by atoms with Gasteiger partial charge in [-0.1, -0.05) is 0 Å². The Morgan fingerprint density at radius 3 is 3.07 bits per heavy atom. The summed E-state index contributed by atoms with van der Waals surface area (Å²) in [5.74, 6) is 1.76. The van der Waals surface area contributed by atoms with E-state index in [1.165, 1.54) is 20.0 Å². The number of hydrogen-bond acceptors (Lipinski definition) is 8. The third kappa shape index (κ3) is 2.95. The van der Waals surface area contributed by atoms with Gasteiger partial charge in [-0.05, 0) is 25.0 Å². The molecule has 10 heteroatoms. The fourth-order valence-corrected chi connectivity index (χ4v) is 3.66. The lowest BCUT2D eigenvalue weighted by molar-refractivity contribution is -0.142. The van der Waals surface area contributed by atoms with Gasteiger partial charge in [-0.15, -0.1) is 5.10 Å². The monoisotopic (exact) mass is 383 g/mol. The molecule has 1 saturated carbocycles. The van der Waals surface area contributed by atoms with Gasteiger partial charge in [0.2, 0.25) is 5.95 Å². The van der Waals surface area contributed by atoms with Gasteiger partial charge in [0.1, 0.15) is 11.6 Å². The Morgan fingerprint density at radius 2 is 2.29 bits per heavy atom. The van der Waals surface area contributed by atoms with Crippen LogP contribution in [0.15, 0.2) is 24.4 Å². The molecule has 1 aliphatic heterocycles. The number of H-pyrrole nitrogens is 1.